The smallest absolute Gasteiger partial charge is 0.0595 e. The summed E-state index contributed by atoms with van der Waals surface area (Å²) in [5, 5.41) is 5.14. The van der Waals surface area contributed by atoms with Crippen LogP contribution in [-0.4, -0.2) is 36.6 Å². The highest BCUT2D eigenvalue weighted by atomic mass is 35.5. The van der Waals surface area contributed by atoms with Gasteiger partial charge in [0, 0.05) is 18.0 Å². The van der Waals surface area contributed by atoms with Crippen molar-refractivity contribution in [3.63, 3.8) is 0 Å². The molecule has 3 atom stereocenters. The Hall–Kier alpha value is -0.480. The van der Waals surface area contributed by atoms with Gasteiger partial charge in [0.25, 0.3) is 0 Å². The van der Waals surface area contributed by atoms with Gasteiger partial charge in [-0.15, -0.1) is 24.8 Å². The first-order valence-electron chi connectivity index (χ1n) is 11.1. The lowest BCUT2D eigenvalue weighted by Gasteiger charge is -2.44. The normalized spacial score (nSPS) is 23.5. The standard InChI is InChI=1S/C25H32Cl2N2.2ClH/c1-18(29-14-11-20(12-15-29)16-19-6-3-2-4-7-19)25-22(8-5-13-28-25)21-9-10-23(26)24(27)17-21;;/h2-4,6-7,9-10,17-18,20,22,25,28H,5,8,11-16H2,1H3;2*1H. The van der Waals surface area contributed by atoms with Crippen LogP contribution < -0.4 is 5.32 Å². The van der Waals surface area contributed by atoms with Crippen molar-refractivity contribution in [2.24, 2.45) is 5.92 Å². The van der Waals surface area contributed by atoms with Gasteiger partial charge in [-0.3, -0.25) is 4.90 Å². The Morgan fingerprint density at radius 3 is 2.35 bits per heavy atom. The van der Waals surface area contributed by atoms with Crippen molar-refractivity contribution in [1.82, 2.24) is 10.2 Å². The van der Waals surface area contributed by atoms with Gasteiger partial charge < -0.3 is 5.32 Å². The van der Waals surface area contributed by atoms with Crippen LogP contribution in [0.1, 0.15) is 49.7 Å². The van der Waals surface area contributed by atoms with Crippen LogP contribution in [0.15, 0.2) is 48.5 Å². The Morgan fingerprint density at radius 1 is 0.968 bits per heavy atom. The lowest BCUT2D eigenvalue weighted by molar-refractivity contribution is 0.0999. The van der Waals surface area contributed by atoms with Crippen LogP contribution in [0, 0.1) is 5.92 Å². The van der Waals surface area contributed by atoms with Gasteiger partial charge in [0.2, 0.25) is 0 Å². The molecule has 2 heterocycles. The lowest BCUT2D eigenvalue weighted by Crippen LogP contribution is -2.55. The number of likely N-dealkylation sites (tertiary alicyclic amines) is 1. The van der Waals surface area contributed by atoms with Gasteiger partial charge in [-0.25, -0.2) is 0 Å². The number of rotatable bonds is 5. The minimum atomic E-state index is 0. The second kappa shape index (κ2) is 12.7. The van der Waals surface area contributed by atoms with Crippen LogP contribution >= 0.6 is 48.0 Å². The van der Waals surface area contributed by atoms with Crippen molar-refractivity contribution in [2.75, 3.05) is 19.6 Å². The fourth-order valence-corrected chi connectivity index (χ4v) is 5.58. The monoisotopic (exact) mass is 502 g/mol. The number of hydrogen-bond donors (Lipinski definition) is 1. The second-order valence-electron chi connectivity index (χ2n) is 8.81. The molecule has 2 nitrogen and oxygen atoms in total. The van der Waals surface area contributed by atoms with Crippen molar-refractivity contribution < 1.29 is 0 Å². The van der Waals surface area contributed by atoms with E-state index in [1.165, 1.54) is 56.3 Å². The predicted octanol–water partition coefficient (Wildman–Crippen LogP) is 7.02. The van der Waals surface area contributed by atoms with E-state index in [4.69, 9.17) is 23.2 Å². The molecule has 2 aromatic rings. The van der Waals surface area contributed by atoms with E-state index in [0.29, 0.717) is 28.0 Å². The van der Waals surface area contributed by atoms with Crippen LogP contribution in [0.4, 0.5) is 0 Å². The van der Waals surface area contributed by atoms with Crippen LogP contribution in [-0.2, 0) is 6.42 Å². The topological polar surface area (TPSA) is 15.3 Å². The summed E-state index contributed by atoms with van der Waals surface area (Å²) in [7, 11) is 0. The SMILES string of the molecule is CC(C1NCCCC1c1ccc(Cl)c(Cl)c1)N1CCC(Cc2ccccc2)CC1.Cl.Cl. The molecule has 3 unspecified atom stereocenters. The summed E-state index contributed by atoms with van der Waals surface area (Å²) in [4.78, 5) is 2.70. The van der Waals surface area contributed by atoms with Crippen LogP contribution in [0.5, 0.6) is 0 Å². The van der Waals surface area contributed by atoms with Crippen molar-refractivity contribution in [3.05, 3.63) is 69.7 Å². The largest absolute Gasteiger partial charge is 0.312 e. The van der Waals surface area contributed by atoms with Gasteiger partial charge >= 0.3 is 0 Å². The van der Waals surface area contributed by atoms with E-state index in [0.717, 1.165) is 12.5 Å². The maximum atomic E-state index is 6.33. The minimum Gasteiger partial charge on any atom is -0.312 e. The fraction of sp³-hybridized carbons (Fsp3) is 0.520. The Balaban J connectivity index is 0.00000171. The summed E-state index contributed by atoms with van der Waals surface area (Å²) in [5.41, 5.74) is 2.80. The molecule has 0 aliphatic carbocycles. The molecular weight excluding hydrogens is 470 g/mol. The maximum Gasteiger partial charge on any atom is 0.0595 e. The quantitative estimate of drug-likeness (QED) is 0.471. The zero-order valence-corrected chi connectivity index (χ0v) is 21.2. The van der Waals surface area contributed by atoms with E-state index in [-0.39, 0.29) is 24.8 Å². The van der Waals surface area contributed by atoms with Gasteiger partial charge in [-0.2, -0.15) is 0 Å². The summed E-state index contributed by atoms with van der Waals surface area (Å²) in [6.07, 6.45) is 6.24. The van der Waals surface area contributed by atoms with Gasteiger partial charge in [0.1, 0.15) is 0 Å². The number of nitrogens with one attached hydrogen (secondary N) is 1. The Kier molecular flexibility index (Phi) is 10.9. The first-order valence-corrected chi connectivity index (χ1v) is 11.8. The van der Waals surface area contributed by atoms with Crippen molar-refractivity contribution >= 4 is 48.0 Å². The highest BCUT2D eigenvalue weighted by Gasteiger charge is 2.34. The van der Waals surface area contributed by atoms with E-state index in [2.05, 4.69) is 59.6 Å². The fourth-order valence-electron chi connectivity index (χ4n) is 5.28. The Bertz CT molecular complexity index is 793. The molecule has 0 bridgehead atoms. The first kappa shape index (κ1) is 26.8. The summed E-state index contributed by atoms with van der Waals surface area (Å²) < 4.78 is 0. The third kappa shape index (κ3) is 6.76. The third-order valence-corrected chi connectivity index (χ3v) is 7.73. The Morgan fingerprint density at radius 2 is 1.68 bits per heavy atom. The predicted molar refractivity (Wildman–Crippen MR) is 139 cm³/mol. The number of piperidine rings is 2. The highest BCUT2D eigenvalue weighted by Crippen LogP contribution is 2.35. The molecule has 6 heteroatoms. The average molecular weight is 504 g/mol. The molecule has 0 spiro atoms. The number of hydrogen-bond acceptors (Lipinski definition) is 2. The molecular formula is C25H34Cl4N2. The molecule has 0 amide bonds. The molecule has 0 saturated carbocycles. The lowest BCUT2D eigenvalue weighted by atomic mass is 9.80. The van der Waals surface area contributed by atoms with Gasteiger partial charge in [0.15, 0.2) is 0 Å². The van der Waals surface area contributed by atoms with E-state index < -0.39 is 0 Å². The molecule has 2 aliphatic heterocycles. The summed E-state index contributed by atoms with van der Waals surface area (Å²) >= 11 is 12.5. The van der Waals surface area contributed by atoms with Crippen LogP contribution in [0.25, 0.3) is 0 Å². The summed E-state index contributed by atoms with van der Waals surface area (Å²) in [6.45, 7) is 5.91. The molecule has 172 valence electrons. The zero-order chi connectivity index (χ0) is 20.2. The molecule has 31 heavy (non-hydrogen) atoms. The molecule has 2 aromatic carbocycles. The molecule has 2 saturated heterocycles. The molecule has 4 rings (SSSR count). The molecule has 0 radical (unpaired) electrons. The zero-order valence-electron chi connectivity index (χ0n) is 18.1. The summed E-state index contributed by atoms with van der Waals surface area (Å²) in [6, 6.07) is 18.1. The molecule has 0 aromatic heterocycles. The number of benzene rings is 2. The van der Waals surface area contributed by atoms with Crippen molar-refractivity contribution in [3.8, 4) is 0 Å². The third-order valence-electron chi connectivity index (χ3n) is 6.99. The van der Waals surface area contributed by atoms with E-state index >= 15 is 0 Å². The van der Waals surface area contributed by atoms with Crippen molar-refractivity contribution in [2.45, 2.75) is 57.0 Å². The number of halogens is 4. The average Bonchev–Trinajstić information content (AvgIpc) is 2.76. The number of nitrogens with zero attached hydrogens (tertiary/aromatic N) is 1. The van der Waals surface area contributed by atoms with Gasteiger partial charge in [-0.1, -0.05) is 59.6 Å². The summed E-state index contributed by atoms with van der Waals surface area (Å²) in [5.74, 6) is 1.31. The molecule has 1 N–H and O–H groups in total. The highest BCUT2D eigenvalue weighted by molar-refractivity contribution is 6.42. The van der Waals surface area contributed by atoms with E-state index in [1.54, 1.807) is 0 Å². The molecule has 2 aliphatic rings. The van der Waals surface area contributed by atoms with Gasteiger partial charge in [0.05, 0.1) is 10.0 Å². The van der Waals surface area contributed by atoms with Crippen molar-refractivity contribution in [1.29, 1.82) is 0 Å². The van der Waals surface area contributed by atoms with E-state index in [9.17, 15) is 0 Å². The first-order chi connectivity index (χ1) is 14.1. The van der Waals surface area contributed by atoms with Gasteiger partial charge in [-0.05, 0) is 87.8 Å². The second-order valence-corrected chi connectivity index (χ2v) is 9.63. The van der Waals surface area contributed by atoms with Crippen LogP contribution in [0.3, 0.4) is 0 Å². The maximum absolute atomic E-state index is 6.33. The van der Waals surface area contributed by atoms with Crippen LogP contribution in [0.2, 0.25) is 10.0 Å². The minimum absolute atomic E-state index is 0. The molecule has 2 fully saturated rings. The van der Waals surface area contributed by atoms with E-state index in [1.807, 2.05) is 6.07 Å². The Labute approximate surface area is 209 Å².